The van der Waals surface area contributed by atoms with Crippen LogP contribution in [0.4, 0.5) is 5.95 Å². The van der Waals surface area contributed by atoms with E-state index in [-0.39, 0.29) is 6.61 Å². The van der Waals surface area contributed by atoms with Gasteiger partial charge in [0.25, 0.3) is 0 Å². The Balaban J connectivity index is 0.000000250. The average Bonchev–Trinajstić information content (AvgIpc) is 2.51. The highest BCUT2D eigenvalue weighted by molar-refractivity contribution is 5.19. The maximum Gasteiger partial charge on any atom is 0.225 e. The van der Waals surface area contributed by atoms with E-state index in [9.17, 15) is 0 Å². The molecule has 0 aliphatic carbocycles. The number of hydrogen-bond acceptors (Lipinski definition) is 9. The molecule has 0 bridgehead atoms. The number of nitrogens with zero attached hydrogens (tertiary/aromatic N) is 6. The van der Waals surface area contributed by atoms with Crippen LogP contribution in [0.2, 0.25) is 0 Å². The molecule has 2 aromatic heterocycles. The third-order valence-electron chi connectivity index (χ3n) is 1.66. The van der Waals surface area contributed by atoms with Crippen molar-refractivity contribution in [3.8, 4) is 0 Å². The second-order valence-corrected chi connectivity index (χ2v) is 3.02. The van der Waals surface area contributed by atoms with E-state index in [1.165, 1.54) is 31.6 Å². The molecule has 2 rings (SSSR count). The Morgan fingerprint density at radius 3 is 2.00 bits per heavy atom. The molecule has 2 heterocycles. The molecule has 102 valence electrons. The van der Waals surface area contributed by atoms with Gasteiger partial charge in [-0.2, -0.15) is 0 Å². The highest BCUT2D eigenvalue weighted by Crippen LogP contribution is 1.90. The minimum atomic E-state index is 0.0474. The van der Waals surface area contributed by atoms with Gasteiger partial charge in [-0.15, -0.1) is 0 Å². The summed E-state index contributed by atoms with van der Waals surface area (Å²) in [6.45, 7) is 1.54. The van der Waals surface area contributed by atoms with Crippen LogP contribution in [0.5, 0.6) is 0 Å². The molecule has 0 fully saturated rings. The van der Waals surface area contributed by atoms with Gasteiger partial charge >= 0.3 is 0 Å². The highest BCUT2D eigenvalue weighted by Gasteiger charge is 1.91. The minimum Gasteiger partial charge on any atom is -0.394 e. The standard InChI is InChI=1S/C7H12N4O2.C3H3N3/c12-2-4-13-3-1-9-7-10-5-8-6-11-7;1-4-2-6-3-5-1/h5-6,12H,1-4H2,(H,8,9,10,11);1-3H. The summed E-state index contributed by atoms with van der Waals surface area (Å²) in [5.41, 5.74) is 0. The Morgan fingerprint density at radius 1 is 0.895 bits per heavy atom. The van der Waals surface area contributed by atoms with Crippen molar-refractivity contribution in [2.24, 2.45) is 0 Å². The molecule has 0 amide bonds. The first kappa shape index (κ1) is 14.8. The van der Waals surface area contributed by atoms with Gasteiger partial charge in [-0.3, -0.25) is 0 Å². The molecule has 19 heavy (non-hydrogen) atoms. The van der Waals surface area contributed by atoms with Gasteiger partial charge in [0.2, 0.25) is 5.95 Å². The number of anilines is 1. The smallest absolute Gasteiger partial charge is 0.225 e. The molecule has 0 radical (unpaired) electrons. The van der Waals surface area contributed by atoms with Crippen molar-refractivity contribution < 1.29 is 9.84 Å². The monoisotopic (exact) mass is 265 g/mol. The first-order chi connectivity index (χ1) is 9.43. The fraction of sp³-hybridized carbons (Fsp3) is 0.400. The zero-order valence-corrected chi connectivity index (χ0v) is 10.3. The van der Waals surface area contributed by atoms with Crippen molar-refractivity contribution in [3.05, 3.63) is 31.6 Å². The normalized spacial score (nSPS) is 9.32. The van der Waals surface area contributed by atoms with Crippen molar-refractivity contribution in [3.63, 3.8) is 0 Å². The third-order valence-corrected chi connectivity index (χ3v) is 1.66. The summed E-state index contributed by atoms with van der Waals surface area (Å²) in [5.74, 6) is 0.530. The Labute approximate surface area is 110 Å². The molecule has 0 saturated carbocycles. The van der Waals surface area contributed by atoms with Gasteiger partial charge < -0.3 is 15.2 Å². The summed E-state index contributed by atoms with van der Waals surface area (Å²) in [7, 11) is 0. The molecule has 9 nitrogen and oxygen atoms in total. The zero-order valence-electron chi connectivity index (χ0n) is 10.3. The lowest BCUT2D eigenvalue weighted by molar-refractivity contribution is 0.0991. The van der Waals surface area contributed by atoms with Gasteiger partial charge in [0, 0.05) is 6.54 Å². The Morgan fingerprint density at radius 2 is 1.47 bits per heavy atom. The lowest BCUT2D eigenvalue weighted by Gasteiger charge is -2.03. The van der Waals surface area contributed by atoms with Gasteiger partial charge in [0.1, 0.15) is 31.6 Å². The van der Waals surface area contributed by atoms with E-state index in [0.29, 0.717) is 25.7 Å². The van der Waals surface area contributed by atoms with Crippen molar-refractivity contribution in [2.45, 2.75) is 0 Å². The minimum absolute atomic E-state index is 0.0474. The summed E-state index contributed by atoms with van der Waals surface area (Å²) in [5, 5.41) is 11.3. The van der Waals surface area contributed by atoms with Crippen LogP contribution in [0.1, 0.15) is 0 Å². The summed E-state index contributed by atoms with van der Waals surface area (Å²) in [6, 6.07) is 0. The predicted octanol–water partition coefficient (Wildman–Crippen LogP) is -0.836. The predicted molar refractivity (Wildman–Crippen MR) is 66.0 cm³/mol. The number of hydrogen-bond donors (Lipinski definition) is 2. The fourth-order valence-electron chi connectivity index (χ4n) is 0.937. The van der Waals surface area contributed by atoms with Crippen LogP contribution in [-0.4, -0.2) is 61.4 Å². The van der Waals surface area contributed by atoms with E-state index < -0.39 is 0 Å². The van der Waals surface area contributed by atoms with Crippen LogP contribution < -0.4 is 5.32 Å². The maximum absolute atomic E-state index is 8.40. The molecular weight excluding hydrogens is 250 g/mol. The SMILES string of the molecule is OCCOCCNc1ncncn1.c1ncncn1. The Kier molecular flexibility index (Phi) is 8.46. The molecular formula is C10H15N7O2. The van der Waals surface area contributed by atoms with Gasteiger partial charge in [-0.05, 0) is 0 Å². The molecule has 0 atom stereocenters. The van der Waals surface area contributed by atoms with Crippen LogP contribution in [-0.2, 0) is 4.74 Å². The van der Waals surface area contributed by atoms with E-state index in [1.807, 2.05) is 0 Å². The number of aliphatic hydroxyl groups is 1. The van der Waals surface area contributed by atoms with Crippen molar-refractivity contribution in [2.75, 3.05) is 31.7 Å². The van der Waals surface area contributed by atoms with Gasteiger partial charge in [0.15, 0.2) is 0 Å². The summed E-state index contributed by atoms with van der Waals surface area (Å²) in [4.78, 5) is 22.1. The topological polar surface area (TPSA) is 119 Å². The molecule has 0 aliphatic heterocycles. The molecule has 0 saturated heterocycles. The van der Waals surface area contributed by atoms with E-state index in [1.54, 1.807) is 0 Å². The summed E-state index contributed by atoms with van der Waals surface area (Å²) >= 11 is 0. The Hall–Kier alpha value is -2.26. The molecule has 0 unspecified atom stereocenters. The van der Waals surface area contributed by atoms with Crippen LogP contribution in [0.3, 0.4) is 0 Å². The second-order valence-electron chi connectivity index (χ2n) is 3.02. The highest BCUT2D eigenvalue weighted by atomic mass is 16.5. The van der Waals surface area contributed by atoms with Gasteiger partial charge in [-0.1, -0.05) is 0 Å². The van der Waals surface area contributed by atoms with Crippen molar-refractivity contribution >= 4 is 5.95 Å². The number of aliphatic hydroxyl groups excluding tert-OH is 1. The molecule has 2 aromatic rings. The van der Waals surface area contributed by atoms with E-state index in [0.717, 1.165) is 0 Å². The number of aromatic nitrogens is 6. The quantitative estimate of drug-likeness (QED) is 0.644. The number of nitrogens with one attached hydrogen (secondary N) is 1. The first-order valence-electron chi connectivity index (χ1n) is 5.53. The van der Waals surface area contributed by atoms with Crippen LogP contribution in [0.15, 0.2) is 31.6 Å². The van der Waals surface area contributed by atoms with E-state index in [2.05, 4.69) is 35.2 Å². The van der Waals surface area contributed by atoms with Crippen LogP contribution in [0.25, 0.3) is 0 Å². The van der Waals surface area contributed by atoms with Crippen molar-refractivity contribution in [1.82, 2.24) is 29.9 Å². The van der Waals surface area contributed by atoms with Crippen molar-refractivity contribution in [1.29, 1.82) is 0 Å². The fourth-order valence-corrected chi connectivity index (χ4v) is 0.937. The van der Waals surface area contributed by atoms with E-state index >= 15 is 0 Å². The molecule has 0 aliphatic rings. The largest absolute Gasteiger partial charge is 0.394 e. The Bertz CT molecular complexity index is 376. The van der Waals surface area contributed by atoms with E-state index in [4.69, 9.17) is 9.84 Å². The van der Waals surface area contributed by atoms with Crippen LogP contribution >= 0.6 is 0 Å². The maximum atomic E-state index is 8.40. The summed E-state index contributed by atoms with van der Waals surface area (Å²) < 4.78 is 5.02. The van der Waals surface area contributed by atoms with Gasteiger partial charge in [0.05, 0.1) is 19.8 Å². The lowest BCUT2D eigenvalue weighted by Crippen LogP contribution is -2.12. The lowest BCUT2D eigenvalue weighted by atomic mass is 10.6. The molecule has 2 N–H and O–H groups in total. The first-order valence-corrected chi connectivity index (χ1v) is 5.53. The van der Waals surface area contributed by atoms with Gasteiger partial charge in [-0.25, -0.2) is 29.9 Å². The zero-order chi connectivity index (χ0) is 13.6. The average molecular weight is 265 g/mol. The second kappa shape index (κ2) is 10.9. The molecule has 0 spiro atoms. The summed E-state index contributed by atoms with van der Waals surface area (Å²) in [6.07, 6.45) is 7.15. The van der Waals surface area contributed by atoms with Crippen LogP contribution in [0, 0.1) is 0 Å². The molecule has 0 aromatic carbocycles. The number of rotatable bonds is 6. The number of ether oxygens (including phenoxy) is 1. The third kappa shape index (κ3) is 8.46. The molecule has 9 heteroatoms.